The Hall–Kier alpha value is -2.88. The minimum absolute atomic E-state index is 0.110. The van der Waals surface area contributed by atoms with Crippen LogP contribution in [0, 0.1) is 17.1 Å². The number of nitrogens with zero attached hydrogens (tertiary/aromatic N) is 3. The van der Waals surface area contributed by atoms with Gasteiger partial charge in [0.25, 0.3) is 0 Å². The number of benzene rings is 1. The van der Waals surface area contributed by atoms with Gasteiger partial charge >= 0.3 is 0 Å². The second-order valence-electron chi connectivity index (χ2n) is 4.35. The van der Waals surface area contributed by atoms with Crippen molar-refractivity contribution in [1.29, 1.82) is 5.26 Å². The molecular formula is C14H15FN6. The second kappa shape index (κ2) is 6.52. The van der Waals surface area contributed by atoms with E-state index < -0.39 is 5.82 Å². The molecule has 2 aromatic rings. The maximum atomic E-state index is 13.1. The Morgan fingerprint density at radius 1 is 1.29 bits per heavy atom. The van der Waals surface area contributed by atoms with E-state index in [1.165, 1.54) is 12.1 Å². The van der Waals surface area contributed by atoms with E-state index in [1.54, 1.807) is 6.07 Å². The summed E-state index contributed by atoms with van der Waals surface area (Å²) in [6, 6.07) is 7.51. The van der Waals surface area contributed by atoms with Crippen molar-refractivity contribution >= 4 is 23.3 Å². The zero-order chi connectivity index (χ0) is 15.2. The molecular weight excluding hydrogens is 271 g/mol. The Labute approximate surface area is 121 Å². The first-order valence-corrected chi connectivity index (χ1v) is 6.47. The van der Waals surface area contributed by atoms with Crippen LogP contribution < -0.4 is 16.4 Å². The Bertz CT molecular complexity index is 680. The van der Waals surface area contributed by atoms with E-state index in [2.05, 4.69) is 20.6 Å². The van der Waals surface area contributed by atoms with Crippen molar-refractivity contribution in [3.05, 3.63) is 35.6 Å². The molecule has 0 bridgehead atoms. The first kappa shape index (κ1) is 14.5. The molecule has 0 radical (unpaired) electrons. The molecule has 6 nitrogen and oxygen atoms in total. The lowest BCUT2D eigenvalue weighted by Gasteiger charge is -2.10. The highest BCUT2D eigenvalue weighted by molar-refractivity contribution is 5.66. The predicted octanol–water partition coefficient (Wildman–Crippen LogP) is 2.64. The molecule has 0 fully saturated rings. The van der Waals surface area contributed by atoms with Crippen LogP contribution in [-0.2, 0) is 0 Å². The summed E-state index contributed by atoms with van der Waals surface area (Å²) in [7, 11) is 0. The summed E-state index contributed by atoms with van der Waals surface area (Å²) < 4.78 is 13.1. The van der Waals surface area contributed by atoms with Crippen LogP contribution in [0.25, 0.3) is 0 Å². The topological polar surface area (TPSA) is 99.6 Å². The standard InChI is InChI=1S/C14H15FN6/c1-2-5-18-12-7-13(21-14(17)20-12)19-11-4-3-10(15)6-9(11)8-16/h3-4,6-7H,2,5H2,1H3,(H4,17,18,19,20,21). The number of nitrogen functional groups attached to an aromatic ring is 1. The van der Waals surface area contributed by atoms with Gasteiger partial charge in [-0.1, -0.05) is 6.92 Å². The minimum Gasteiger partial charge on any atom is -0.370 e. The van der Waals surface area contributed by atoms with E-state index in [0.717, 1.165) is 19.0 Å². The maximum absolute atomic E-state index is 13.1. The molecule has 0 aliphatic carbocycles. The normalized spacial score (nSPS) is 9.95. The van der Waals surface area contributed by atoms with Crippen molar-refractivity contribution in [2.75, 3.05) is 22.9 Å². The summed E-state index contributed by atoms with van der Waals surface area (Å²) in [6.07, 6.45) is 0.948. The van der Waals surface area contributed by atoms with Gasteiger partial charge in [-0.3, -0.25) is 0 Å². The molecule has 0 atom stereocenters. The van der Waals surface area contributed by atoms with Crippen molar-refractivity contribution < 1.29 is 4.39 Å². The Morgan fingerprint density at radius 3 is 2.76 bits per heavy atom. The molecule has 0 amide bonds. The third kappa shape index (κ3) is 3.79. The number of hydrogen-bond donors (Lipinski definition) is 3. The van der Waals surface area contributed by atoms with Crippen molar-refractivity contribution in [2.45, 2.75) is 13.3 Å². The third-order valence-corrected chi connectivity index (χ3v) is 2.66. The molecule has 108 valence electrons. The second-order valence-corrected chi connectivity index (χ2v) is 4.35. The van der Waals surface area contributed by atoms with Gasteiger partial charge in [0.2, 0.25) is 5.95 Å². The summed E-state index contributed by atoms with van der Waals surface area (Å²) in [4.78, 5) is 8.11. The number of nitrogens with one attached hydrogen (secondary N) is 2. The third-order valence-electron chi connectivity index (χ3n) is 2.66. The molecule has 0 spiro atoms. The van der Waals surface area contributed by atoms with Crippen LogP contribution in [0.3, 0.4) is 0 Å². The molecule has 1 aromatic carbocycles. The van der Waals surface area contributed by atoms with Crippen LogP contribution in [0.4, 0.5) is 27.7 Å². The molecule has 0 aliphatic rings. The van der Waals surface area contributed by atoms with Gasteiger partial charge in [0, 0.05) is 12.6 Å². The van der Waals surface area contributed by atoms with Crippen molar-refractivity contribution in [3.63, 3.8) is 0 Å². The van der Waals surface area contributed by atoms with E-state index in [1.807, 2.05) is 13.0 Å². The molecule has 1 aromatic heterocycles. The highest BCUT2D eigenvalue weighted by Crippen LogP contribution is 2.22. The molecule has 4 N–H and O–H groups in total. The van der Waals surface area contributed by atoms with Crippen LogP contribution in [0.1, 0.15) is 18.9 Å². The lowest BCUT2D eigenvalue weighted by atomic mass is 10.2. The number of hydrogen-bond acceptors (Lipinski definition) is 6. The molecule has 2 rings (SSSR count). The number of aromatic nitrogens is 2. The van der Waals surface area contributed by atoms with Gasteiger partial charge in [-0.05, 0) is 24.6 Å². The van der Waals surface area contributed by atoms with E-state index in [9.17, 15) is 4.39 Å². The minimum atomic E-state index is -0.468. The van der Waals surface area contributed by atoms with Gasteiger partial charge in [-0.25, -0.2) is 4.39 Å². The first-order chi connectivity index (χ1) is 10.1. The first-order valence-electron chi connectivity index (χ1n) is 6.47. The maximum Gasteiger partial charge on any atom is 0.223 e. The van der Waals surface area contributed by atoms with Crippen LogP contribution >= 0.6 is 0 Å². The van der Waals surface area contributed by atoms with Gasteiger partial charge in [0.15, 0.2) is 0 Å². The SMILES string of the molecule is CCCNc1cc(Nc2ccc(F)cc2C#N)nc(N)n1. The van der Waals surface area contributed by atoms with Crippen molar-refractivity contribution in [3.8, 4) is 6.07 Å². The number of halogens is 1. The van der Waals surface area contributed by atoms with Gasteiger partial charge in [-0.15, -0.1) is 0 Å². The number of rotatable bonds is 5. The summed E-state index contributed by atoms with van der Waals surface area (Å²) in [6.45, 7) is 2.80. The van der Waals surface area contributed by atoms with Crippen molar-refractivity contribution in [1.82, 2.24) is 9.97 Å². The van der Waals surface area contributed by atoms with Gasteiger partial charge in [0.05, 0.1) is 11.3 Å². The number of anilines is 4. The van der Waals surface area contributed by atoms with Gasteiger partial charge in [-0.2, -0.15) is 15.2 Å². The Morgan fingerprint density at radius 2 is 2.05 bits per heavy atom. The van der Waals surface area contributed by atoms with Gasteiger partial charge < -0.3 is 16.4 Å². The predicted molar refractivity (Wildman–Crippen MR) is 79.6 cm³/mol. The van der Waals surface area contributed by atoms with Crippen LogP contribution in [-0.4, -0.2) is 16.5 Å². The largest absolute Gasteiger partial charge is 0.370 e. The van der Waals surface area contributed by atoms with Gasteiger partial charge in [0.1, 0.15) is 23.5 Å². The summed E-state index contributed by atoms with van der Waals surface area (Å²) >= 11 is 0. The highest BCUT2D eigenvalue weighted by Gasteiger charge is 2.07. The fourth-order valence-corrected chi connectivity index (χ4v) is 1.73. The zero-order valence-electron chi connectivity index (χ0n) is 11.5. The number of nitrogens with two attached hydrogens (primary N) is 1. The fourth-order valence-electron chi connectivity index (χ4n) is 1.73. The Kier molecular flexibility index (Phi) is 4.51. The lowest BCUT2D eigenvalue weighted by Crippen LogP contribution is -2.07. The smallest absolute Gasteiger partial charge is 0.223 e. The average molecular weight is 286 g/mol. The summed E-state index contributed by atoms with van der Waals surface area (Å²) in [5, 5.41) is 15.1. The summed E-state index contributed by atoms with van der Waals surface area (Å²) in [5.41, 5.74) is 6.30. The van der Waals surface area contributed by atoms with E-state index in [0.29, 0.717) is 17.3 Å². The van der Waals surface area contributed by atoms with E-state index in [4.69, 9.17) is 11.0 Å². The number of nitriles is 1. The van der Waals surface area contributed by atoms with Crippen LogP contribution in [0.15, 0.2) is 24.3 Å². The highest BCUT2D eigenvalue weighted by atomic mass is 19.1. The molecule has 0 aliphatic heterocycles. The van der Waals surface area contributed by atoms with Crippen LogP contribution in [0.5, 0.6) is 0 Å². The fraction of sp³-hybridized carbons (Fsp3) is 0.214. The van der Waals surface area contributed by atoms with Crippen molar-refractivity contribution in [2.24, 2.45) is 0 Å². The summed E-state index contributed by atoms with van der Waals surface area (Å²) in [5.74, 6) is 0.667. The molecule has 1 heterocycles. The van der Waals surface area contributed by atoms with Crippen LogP contribution in [0.2, 0.25) is 0 Å². The molecule has 21 heavy (non-hydrogen) atoms. The lowest BCUT2D eigenvalue weighted by molar-refractivity contribution is 0.627. The molecule has 0 unspecified atom stereocenters. The molecule has 0 saturated heterocycles. The Balaban J connectivity index is 2.27. The zero-order valence-corrected chi connectivity index (χ0v) is 11.5. The van der Waals surface area contributed by atoms with E-state index in [-0.39, 0.29) is 11.5 Å². The molecule has 7 heteroatoms. The quantitative estimate of drug-likeness (QED) is 0.781. The van der Waals surface area contributed by atoms with E-state index >= 15 is 0 Å². The monoisotopic (exact) mass is 286 g/mol. The molecule has 0 saturated carbocycles. The average Bonchev–Trinajstić information content (AvgIpc) is 2.46.